The minimum atomic E-state index is 0. The molecule has 0 amide bonds. The second kappa shape index (κ2) is 16.3. The summed E-state index contributed by atoms with van der Waals surface area (Å²) in [6.45, 7) is 10.4. The van der Waals surface area contributed by atoms with Gasteiger partial charge in [0.05, 0.1) is 0 Å². The van der Waals surface area contributed by atoms with Crippen LogP contribution in [0.3, 0.4) is 0 Å². The van der Waals surface area contributed by atoms with Gasteiger partial charge >= 0.3 is 21.7 Å². The first-order valence-corrected chi connectivity index (χ1v) is 6.98. The Kier molecular flexibility index (Phi) is 23.6. The first-order chi connectivity index (χ1) is 8.00. The van der Waals surface area contributed by atoms with Crippen molar-refractivity contribution in [3.63, 3.8) is 0 Å². The molecule has 7 heteroatoms. The molecule has 0 aromatic heterocycles. The van der Waals surface area contributed by atoms with E-state index < -0.39 is 0 Å². The predicted molar refractivity (Wildman–Crippen MR) is 75.0 cm³/mol. The average Bonchev–Trinajstić information content (AvgIpc) is 2.31. The van der Waals surface area contributed by atoms with Gasteiger partial charge in [-0.15, -0.1) is 0 Å². The zero-order valence-corrected chi connectivity index (χ0v) is 17.8. The van der Waals surface area contributed by atoms with Gasteiger partial charge in [0.2, 0.25) is 0 Å². The second-order valence-electron chi connectivity index (χ2n) is 5.67. The average molecular weight is 395 g/mol. The van der Waals surface area contributed by atoms with Crippen LogP contribution in [0, 0.1) is 6.04 Å². The summed E-state index contributed by atoms with van der Waals surface area (Å²) >= 11 is 0. The van der Waals surface area contributed by atoms with Gasteiger partial charge in [0, 0.05) is 12.1 Å². The third-order valence-electron chi connectivity index (χ3n) is 4.18. The molecule has 0 saturated carbocycles. The number of rotatable bonds is 0. The van der Waals surface area contributed by atoms with E-state index in [1.54, 1.807) is 0 Å². The van der Waals surface area contributed by atoms with Crippen LogP contribution in [-0.2, 0) is 21.7 Å². The number of nitrogens with zero attached hydrogens (tertiary/aromatic N) is 2. The Morgan fingerprint density at radius 3 is 2.14 bits per heavy atom. The molecule has 2 atom stereocenters. The first kappa shape index (κ1) is 30.4. The van der Waals surface area contributed by atoms with E-state index in [2.05, 4.69) is 50.0 Å². The molecular weight excluding hydrogens is 364 g/mol. The van der Waals surface area contributed by atoms with E-state index in [1.807, 2.05) is 0 Å². The van der Waals surface area contributed by atoms with E-state index in [0.29, 0.717) is 12.1 Å². The second-order valence-corrected chi connectivity index (χ2v) is 5.67. The molecule has 0 radical (unpaired) electrons. The standard InChI is InChI=1S/C14H30N3.3ClH.Ti/c1-12-7-10-16(4)14(3)8-11-17(5)13(2)6-9-15-12;;;;/h12,14-15H,6-11H2,1-5H3;3*1H;/q-1;;;;+4/p-3. The summed E-state index contributed by atoms with van der Waals surface area (Å²) in [5.41, 5.74) is 0. The van der Waals surface area contributed by atoms with Crippen molar-refractivity contribution < 1.29 is 58.9 Å². The Bertz CT molecular complexity index is 226. The summed E-state index contributed by atoms with van der Waals surface area (Å²) in [6.07, 6.45) is 3.67. The number of hydrogen-bond donors (Lipinski definition) is 1. The van der Waals surface area contributed by atoms with E-state index in [0.717, 1.165) is 6.54 Å². The van der Waals surface area contributed by atoms with Gasteiger partial charge in [-0.1, -0.05) is 0 Å². The van der Waals surface area contributed by atoms with Crippen molar-refractivity contribution in [2.45, 2.75) is 52.1 Å². The van der Waals surface area contributed by atoms with Crippen LogP contribution < -0.4 is 42.5 Å². The Morgan fingerprint density at radius 1 is 1.00 bits per heavy atom. The molecule has 0 spiro atoms. The van der Waals surface area contributed by atoms with E-state index in [9.17, 15) is 0 Å². The molecule has 21 heavy (non-hydrogen) atoms. The minimum absolute atomic E-state index is 0. The molecule has 1 heterocycles. The smallest absolute Gasteiger partial charge is 1.00 e. The van der Waals surface area contributed by atoms with Crippen LogP contribution in [0.25, 0.3) is 0 Å². The van der Waals surface area contributed by atoms with Gasteiger partial charge in [-0.2, -0.15) is 13.3 Å². The summed E-state index contributed by atoms with van der Waals surface area (Å²) in [7, 11) is 4.47. The van der Waals surface area contributed by atoms with Crippen LogP contribution in [0.4, 0.5) is 0 Å². The fourth-order valence-electron chi connectivity index (χ4n) is 2.20. The zero-order valence-electron chi connectivity index (χ0n) is 13.9. The number of halogens is 3. The normalized spacial score (nSPS) is 26.7. The maximum Gasteiger partial charge on any atom is 4.00 e. The van der Waals surface area contributed by atoms with Gasteiger partial charge in [0.1, 0.15) is 0 Å². The van der Waals surface area contributed by atoms with Gasteiger partial charge in [-0.25, -0.2) is 0 Å². The molecule has 1 fully saturated rings. The van der Waals surface area contributed by atoms with E-state index >= 15 is 0 Å². The van der Waals surface area contributed by atoms with Crippen molar-refractivity contribution in [2.24, 2.45) is 0 Å². The third kappa shape index (κ3) is 12.5. The van der Waals surface area contributed by atoms with Crippen LogP contribution in [0.5, 0.6) is 0 Å². The van der Waals surface area contributed by atoms with Crippen molar-refractivity contribution in [2.75, 3.05) is 33.7 Å². The van der Waals surface area contributed by atoms with Crippen molar-refractivity contribution in [1.29, 1.82) is 0 Å². The molecule has 1 saturated heterocycles. The summed E-state index contributed by atoms with van der Waals surface area (Å²) in [5.74, 6) is 0. The Labute approximate surface area is 165 Å². The fraction of sp³-hybridized carbons (Fsp3) is 0.929. The van der Waals surface area contributed by atoms with Crippen LogP contribution in [0.1, 0.15) is 40.0 Å². The Morgan fingerprint density at radius 2 is 1.57 bits per heavy atom. The van der Waals surface area contributed by atoms with E-state index in [1.165, 1.54) is 38.4 Å². The quantitative estimate of drug-likeness (QED) is 0.325. The molecule has 0 bridgehead atoms. The van der Waals surface area contributed by atoms with Crippen molar-refractivity contribution in [3.05, 3.63) is 6.04 Å². The van der Waals surface area contributed by atoms with Gasteiger partial charge in [0.15, 0.2) is 0 Å². The van der Waals surface area contributed by atoms with E-state index in [4.69, 9.17) is 0 Å². The fourth-order valence-corrected chi connectivity index (χ4v) is 2.20. The maximum atomic E-state index is 3.61. The summed E-state index contributed by atoms with van der Waals surface area (Å²) in [6, 6.07) is 2.80. The molecule has 0 aromatic carbocycles. The largest absolute Gasteiger partial charge is 4.00 e. The monoisotopic (exact) mass is 393 g/mol. The van der Waals surface area contributed by atoms with E-state index in [-0.39, 0.29) is 58.9 Å². The van der Waals surface area contributed by atoms with Crippen LogP contribution in [0.2, 0.25) is 0 Å². The zero-order chi connectivity index (χ0) is 12.8. The summed E-state index contributed by atoms with van der Waals surface area (Å²) in [4.78, 5) is 4.90. The molecule has 1 N–H and O–H groups in total. The van der Waals surface area contributed by atoms with Crippen LogP contribution >= 0.6 is 0 Å². The van der Waals surface area contributed by atoms with Gasteiger partial charge in [-0.05, 0) is 60.4 Å². The third-order valence-corrected chi connectivity index (χ3v) is 4.18. The Balaban J connectivity index is -0.000000361. The molecule has 2 unspecified atom stereocenters. The molecule has 0 aromatic rings. The van der Waals surface area contributed by atoms with Gasteiger partial charge < -0.3 is 52.3 Å². The van der Waals surface area contributed by atoms with Gasteiger partial charge in [0.25, 0.3) is 0 Å². The first-order valence-electron chi connectivity index (χ1n) is 6.98. The summed E-state index contributed by atoms with van der Waals surface area (Å²) < 4.78 is 0. The Hall–Kier alpha value is 1.46. The number of hydrogen-bond acceptors (Lipinski definition) is 3. The van der Waals surface area contributed by atoms with Crippen LogP contribution in [0.15, 0.2) is 0 Å². The summed E-state index contributed by atoms with van der Waals surface area (Å²) in [5, 5.41) is 3.61. The topological polar surface area (TPSA) is 18.5 Å². The van der Waals surface area contributed by atoms with Crippen molar-refractivity contribution in [1.82, 2.24) is 15.1 Å². The number of nitrogens with one attached hydrogen (secondary N) is 1. The minimum Gasteiger partial charge on any atom is -1.00 e. The predicted octanol–water partition coefficient (Wildman–Crippen LogP) is -7.04. The maximum absolute atomic E-state index is 3.61. The molecule has 1 aliphatic heterocycles. The van der Waals surface area contributed by atoms with Gasteiger partial charge in [-0.3, -0.25) is 6.04 Å². The SMILES string of the molecule is C[C-]1CCNC(C)CCN(C)C(C)CCN1C.[Cl-].[Cl-].[Cl-].[Ti+4]. The molecule has 3 nitrogen and oxygen atoms in total. The molecule has 126 valence electrons. The van der Waals surface area contributed by atoms with Crippen molar-refractivity contribution >= 4 is 0 Å². The van der Waals surface area contributed by atoms with Crippen LogP contribution in [-0.4, -0.2) is 55.6 Å². The molecule has 0 aliphatic carbocycles. The molecule has 1 aliphatic rings. The molecular formula is C14H30Cl3N3Ti. The van der Waals surface area contributed by atoms with Crippen molar-refractivity contribution in [3.8, 4) is 0 Å². The molecule has 1 rings (SSSR count).